The predicted octanol–water partition coefficient (Wildman–Crippen LogP) is 5.45. The van der Waals surface area contributed by atoms with Crippen LogP contribution in [0.3, 0.4) is 0 Å². The molecule has 12 nitrogen and oxygen atoms in total. The van der Waals surface area contributed by atoms with Crippen molar-refractivity contribution in [1.29, 1.82) is 0 Å². The van der Waals surface area contributed by atoms with Gasteiger partial charge in [0, 0.05) is 67.7 Å². The fourth-order valence-corrected chi connectivity index (χ4v) is 7.55. The SMILES string of the molecule is O=C(Cn1cncc1-c1ncc(C#CC2CC2)cc1OC1CC1c1nc(-c2ncc(C#CC3CC3)cc2OC2CC2)cn1CC(=O)N1CCCC1)N1CCCC1. The Morgan fingerprint density at radius 1 is 0.714 bits per heavy atom. The molecule has 6 aliphatic rings. The second-order valence-electron chi connectivity index (χ2n) is 16.2. The van der Waals surface area contributed by atoms with Gasteiger partial charge in [0.2, 0.25) is 11.8 Å². The van der Waals surface area contributed by atoms with E-state index in [1.54, 1.807) is 24.9 Å². The topological polar surface area (TPSA) is 120 Å². The number of rotatable bonds is 11. The summed E-state index contributed by atoms with van der Waals surface area (Å²) in [4.78, 5) is 49.9. The lowest BCUT2D eigenvalue weighted by atomic mass is 10.2. The maximum absolute atomic E-state index is 13.6. The monoisotopic (exact) mass is 750 g/mol. The van der Waals surface area contributed by atoms with E-state index >= 15 is 0 Å². The van der Waals surface area contributed by atoms with Crippen molar-refractivity contribution in [1.82, 2.24) is 38.9 Å². The average Bonchev–Trinajstić information content (AvgIpc) is 4.18. The Morgan fingerprint density at radius 3 is 1.91 bits per heavy atom. The fraction of sp³-hybridized carbons (Fsp3) is 0.500. The van der Waals surface area contributed by atoms with Crippen LogP contribution in [0.25, 0.3) is 22.8 Å². The molecule has 286 valence electrons. The van der Waals surface area contributed by atoms with Crippen LogP contribution >= 0.6 is 0 Å². The summed E-state index contributed by atoms with van der Waals surface area (Å²) in [6.07, 6.45) is 20.4. The Kier molecular flexibility index (Phi) is 9.21. The summed E-state index contributed by atoms with van der Waals surface area (Å²) in [6.45, 7) is 3.53. The van der Waals surface area contributed by atoms with Crippen LogP contribution in [0.1, 0.15) is 93.5 Å². The van der Waals surface area contributed by atoms with Gasteiger partial charge in [-0.25, -0.2) is 19.9 Å². The van der Waals surface area contributed by atoms with Gasteiger partial charge in [-0.15, -0.1) is 0 Å². The van der Waals surface area contributed by atoms with Gasteiger partial charge in [-0.2, -0.15) is 0 Å². The van der Waals surface area contributed by atoms with Crippen molar-refractivity contribution in [2.24, 2.45) is 11.8 Å². The van der Waals surface area contributed by atoms with Crippen LogP contribution in [-0.2, 0) is 22.7 Å². The van der Waals surface area contributed by atoms with Crippen molar-refractivity contribution in [3.63, 3.8) is 0 Å². The molecule has 0 bridgehead atoms. The van der Waals surface area contributed by atoms with Gasteiger partial charge < -0.3 is 28.4 Å². The molecule has 6 fully saturated rings. The van der Waals surface area contributed by atoms with Gasteiger partial charge in [-0.3, -0.25) is 9.59 Å². The smallest absolute Gasteiger partial charge is 0.242 e. The molecule has 6 heterocycles. The van der Waals surface area contributed by atoms with Crippen LogP contribution in [0, 0.1) is 35.5 Å². The second kappa shape index (κ2) is 14.8. The van der Waals surface area contributed by atoms with Crippen molar-refractivity contribution >= 4 is 11.8 Å². The number of ether oxygens (including phenoxy) is 2. The first-order chi connectivity index (χ1) is 27.5. The molecule has 12 heteroatoms. The number of carbonyl (C=O) groups excluding carboxylic acids is 2. The third-order valence-corrected chi connectivity index (χ3v) is 11.4. The zero-order valence-corrected chi connectivity index (χ0v) is 31.7. The van der Waals surface area contributed by atoms with Crippen LogP contribution in [0.15, 0.2) is 43.2 Å². The maximum atomic E-state index is 13.6. The molecular weight excluding hydrogens is 705 g/mol. The molecule has 4 saturated carbocycles. The van der Waals surface area contributed by atoms with Gasteiger partial charge in [0.25, 0.3) is 0 Å². The fourth-order valence-electron chi connectivity index (χ4n) is 7.55. The molecular formula is C44H46N8O4. The van der Waals surface area contributed by atoms with E-state index in [9.17, 15) is 9.59 Å². The van der Waals surface area contributed by atoms with E-state index in [0.717, 1.165) is 107 Å². The molecule has 2 amide bonds. The lowest BCUT2D eigenvalue weighted by Crippen LogP contribution is -2.31. The van der Waals surface area contributed by atoms with Crippen molar-refractivity contribution in [2.45, 2.75) is 102 Å². The number of likely N-dealkylation sites (tertiary alicyclic amines) is 2. The summed E-state index contributed by atoms with van der Waals surface area (Å²) in [5, 5.41) is 0. The molecule has 0 radical (unpaired) electrons. The lowest BCUT2D eigenvalue weighted by Gasteiger charge is -2.17. The highest BCUT2D eigenvalue weighted by Gasteiger charge is 2.45. The number of hydrogen-bond acceptors (Lipinski definition) is 8. The largest absolute Gasteiger partial charge is 0.488 e. The number of amides is 2. The summed E-state index contributed by atoms with van der Waals surface area (Å²) < 4.78 is 17.1. The Labute approximate surface area is 327 Å². The zero-order valence-electron chi connectivity index (χ0n) is 31.7. The molecule has 4 aromatic heterocycles. The molecule has 4 aliphatic carbocycles. The van der Waals surface area contributed by atoms with Crippen molar-refractivity contribution in [3.05, 3.63) is 60.2 Å². The molecule has 2 saturated heterocycles. The molecule has 2 atom stereocenters. The number of pyridine rings is 2. The minimum Gasteiger partial charge on any atom is -0.488 e. The molecule has 0 N–H and O–H groups in total. The first-order valence-corrected chi connectivity index (χ1v) is 20.5. The van der Waals surface area contributed by atoms with Gasteiger partial charge in [-0.1, -0.05) is 23.7 Å². The van der Waals surface area contributed by atoms with Gasteiger partial charge >= 0.3 is 0 Å². The van der Waals surface area contributed by atoms with Gasteiger partial charge in [0.1, 0.15) is 53.6 Å². The van der Waals surface area contributed by atoms with E-state index in [1.807, 2.05) is 37.3 Å². The number of imidazole rings is 2. The maximum Gasteiger partial charge on any atom is 0.242 e. The molecule has 4 aromatic rings. The zero-order chi connectivity index (χ0) is 37.6. The van der Waals surface area contributed by atoms with Gasteiger partial charge in [0.05, 0.1) is 30.2 Å². The summed E-state index contributed by atoms with van der Waals surface area (Å²) in [6, 6.07) is 3.95. The van der Waals surface area contributed by atoms with E-state index in [1.165, 1.54) is 0 Å². The molecule has 10 rings (SSSR count). The Balaban J connectivity index is 0.956. The molecule has 56 heavy (non-hydrogen) atoms. The van der Waals surface area contributed by atoms with E-state index < -0.39 is 0 Å². The predicted molar refractivity (Wildman–Crippen MR) is 207 cm³/mol. The number of aromatic nitrogens is 6. The Morgan fingerprint density at radius 2 is 1.30 bits per heavy atom. The molecule has 2 unspecified atom stereocenters. The second-order valence-corrected chi connectivity index (χ2v) is 16.2. The highest BCUT2D eigenvalue weighted by Crippen LogP contribution is 2.46. The number of hydrogen-bond donors (Lipinski definition) is 0. The van der Waals surface area contributed by atoms with Crippen LogP contribution in [0.4, 0.5) is 0 Å². The Hall–Kier alpha value is -5.62. The average molecular weight is 751 g/mol. The van der Waals surface area contributed by atoms with E-state index in [0.29, 0.717) is 52.5 Å². The quantitative estimate of drug-likeness (QED) is 0.186. The van der Waals surface area contributed by atoms with E-state index in [-0.39, 0.29) is 43.0 Å². The molecule has 0 aromatic carbocycles. The van der Waals surface area contributed by atoms with Gasteiger partial charge in [-0.05, 0) is 82.8 Å². The van der Waals surface area contributed by atoms with Crippen LogP contribution in [0.2, 0.25) is 0 Å². The van der Waals surface area contributed by atoms with E-state index in [2.05, 4.69) is 28.7 Å². The number of carbonyl (C=O) groups is 2. The highest BCUT2D eigenvalue weighted by molar-refractivity contribution is 5.78. The first kappa shape index (κ1) is 34.8. The summed E-state index contributed by atoms with van der Waals surface area (Å²) in [5.74, 6) is 16.3. The molecule has 0 spiro atoms. The van der Waals surface area contributed by atoms with Crippen molar-refractivity contribution < 1.29 is 19.1 Å². The minimum atomic E-state index is -0.212. The minimum absolute atomic E-state index is 0.0673. The third kappa shape index (κ3) is 7.88. The first-order valence-electron chi connectivity index (χ1n) is 20.5. The third-order valence-electron chi connectivity index (χ3n) is 11.4. The van der Waals surface area contributed by atoms with Crippen molar-refractivity contribution in [3.8, 4) is 58.0 Å². The summed E-state index contributed by atoms with van der Waals surface area (Å²) in [5.41, 5.74) is 4.28. The van der Waals surface area contributed by atoms with E-state index in [4.69, 9.17) is 24.4 Å². The summed E-state index contributed by atoms with van der Waals surface area (Å²) >= 11 is 0. The van der Waals surface area contributed by atoms with Crippen molar-refractivity contribution in [2.75, 3.05) is 26.2 Å². The summed E-state index contributed by atoms with van der Waals surface area (Å²) in [7, 11) is 0. The lowest BCUT2D eigenvalue weighted by molar-refractivity contribution is -0.131. The highest BCUT2D eigenvalue weighted by atomic mass is 16.5. The van der Waals surface area contributed by atoms with Crippen LogP contribution in [-0.4, -0.2) is 89.1 Å². The number of nitrogens with zero attached hydrogens (tertiary/aromatic N) is 8. The Bertz CT molecular complexity index is 2280. The molecule has 2 aliphatic heterocycles. The van der Waals surface area contributed by atoms with Crippen LogP contribution < -0.4 is 9.47 Å². The van der Waals surface area contributed by atoms with Gasteiger partial charge in [0.15, 0.2) is 0 Å². The standard InChI is InChI=1S/C44H46N8O4/c53-40(49-15-1-2-16-49)26-51-25-35(42-38(55-33-13-14-33)19-31(22-46-42)11-9-29-5-6-29)48-44(51)34-21-37(34)56-39-20-32(12-10-30-7-8-30)23-47-43(39)36-24-45-28-52(36)27-41(54)50-17-3-4-18-50/h19-20,22-25,28-30,33-34,37H,1-8,13-18,21,26-27H2. The normalized spacial score (nSPS) is 21.3. The van der Waals surface area contributed by atoms with Crippen LogP contribution in [0.5, 0.6) is 11.5 Å².